The van der Waals surface area contributed by atoms with Gasteiger partial charge in [-0.15, -0.1) is 0 Å². The van der Waals surface area contributed by atoms with Crippen molar-refractivity contribution in [3.63, 3.8) is 0 Å². The summed E-state index contributed by atoms with van der Waals surface area (Å²) in [6.45, 7) is 0. The molecule has 4 nitrogen and oxygen atoms in total. The SMILES string of the molecule is O=C1CC2[C@H](C1)c1cc(O)ccc1O[C@@H]2c1ccc(O)cc1. The summed E-state index contributed by atoms with van der Waals surface area (Å²) in [5.74, 6) is 1.53. The summed E-state index contributed by atoms with van der Waals surface area (Å²) in [4.78, 5) is 12.0. The van der Waals surface area contributed by atoms with E-state index in [1.807, 2.05) is 12.1 Å². The molecular formula is C18H16O4. The van der Waals surface area contributed by atoms with E-state index in [0.29, 0.717) is 12.8 Å². The first-order chi connectivity index (χ1) is 10.6. The van der Waals surface area contributed by atoms with E-state index < -0.39 is 0 Å². The normalized spacial score (nSPS) is 26.2. The zero-order valence-electron chi connectivity index (χ0n) is 11.9. The van der Waals surface area contributed by atoms with Crippen LogP contribution in [-0.4, -0.2) is 16.0 Å². The van der Waals surface area contributed by atoms with Crippen LogP contribution < -0.4 is 4.74 Å². The molecule has 0 spiro atoms. The monoisotopic (exact) mass is 296 g/mol. The Labute approximate surface area is 128 Å². The molecule has 2 aromatic carbocycles. The molecule has 2 aromatic rings. The number of Topliss-reactive ketones (excluding diaryl/α,β-unsaturated/α-hetero) is 1. The van der Waals surface area contributed by atoms with Gasteiger partial charge in [0.1, 0.15) is 29.1 Å². The summed E-state index contributed by atoms with van der Waals surface area (Å²) in [5.41, 5.74) is 1.88. The molecule has 0 aromatic heterocycles. The van der Waals surface area contributed by atoms with Crippen LogP contribution >= 0.6 is 0 Å². The first-order valence-electron chi connectivity index (χ1n) is 7.42. The molecule has 22 heavy (non-hydrogen) atoms. The first-order valence-corrected chi connectivity index (χ1v) is 7.42. The lowest BCUT2D eigenvalue weighted by atomic mass is 9.80. The minimum atomic E-state index is -0.200. The molecule has 0 saturated heterocycles. The molecule has 4 heteroatoms. The van der Waals surface area contributed by atoms with E-state index in [4.69, 9.17) is 4.74 Å². The standard InChI is InChI=1S/C18H16O4/c19-11-3-1-10(2-4-11)18-16-9-13(21)8-14(16)15-7-12(20)5-6-17(15)22-18/h1-7,14,16,18-20H,8-9H2/t14-,16?,18-/m1/s1. The molecule has 1 unspecified atom stereocenters. The van der Waals surface area contributed by atoms with Crippen molar-refractivity contribution < 1.29 is 19.7 Å². The lowest BCUT2D eigenvalue weighted by Gasteiger charge is -2.36. The number of ketones is 1. The average molecular weight is 296 g/mol. The minimum absolute atomic E-state index is 0.0753. The highest BCUT2D eigenvalue weighted by atomic mass is 16.5. The van der Waals surface area contributed by atoms with Gasteiger partial charge in [0.2, 0.25) is 0 Å². The van der Waals surface area contributed by atoms with E-state index in [9.17, 15) is 15.0 Å². The Hall–Kier alpha value is -2.49. The summed E-state index contributed by atoms with van der Waals surface area (Å²) in [6.07, 6.45) is 0.791. The number of carbonyl (C=O) groups is 1. The molecule has 1 aliphatic carbocycles. The number of rotatable bonds is 1. The van der Waals surface area contributed by atoms with Crippen molar-refractivity contribution in [3.05, 3.63) is 53.6 Å². The third-order valence-corrected chi connectivity index (χ3v) is 4.69. The molecule has 1 fully saturated rings. The number of benzene rings is 2. The Morgan fingerprint density at radius 1 is 0.955 bits per heavy atom. The Balaban J connectivity index is 1.79. The highest BCUT2D eigenvalue weighted by molar-refractivity contribution is 5.83. The van der Waals surface area contributed by atoms with Crippen LogP contribution in [0.1, 0.15) is 36.0 Å². The molecule has 0 bridgehead atoms. The van der Waals surface area contributed by atoms with Gasteiger partial charge in [-0.1, -0.05) is 12.1 Å². The van der Waals surface area contributed by atoms with Crippen molar-refractivity contribution in [3.8, 4) is 17.2 Å². The Morgan fingerprint density at radius 3 is 2.45 bits per heavy atom. The summed E-state index contributed by atoms with van der Waals surface area (Å²) in [5, 5.41) is 19.2. The molecule has 2 N–H and O–H groups in total. The fourth-order valence-corrected chi connectivity index (χ4v) is 3.68. The van der Waals surface area contributed by atoms with Gasteiger partial charge in [-0.2, -0.15) is 0 Å². The number of hydrogen-bond acceptors (Lipinski definition) is 4. The van der Waals surface area contributed by atoms with Crippen molar-refractivity contribution in [2.24, 2.45) is 5.92 Å². The summed E-state index contributed by atoms with van der Waals surface area (Å²) in [7, 11) is 0. The van der Waals surface area contributed by atoms with Gasteiger partial charge in [0.15, 0.2) is 0 Å². The van der Waals surface area contributed by atoms with Crippen molar-refractivity contribution in [2.75, 3.05) is 0 Å². The fourth-order valence-electron chi connectivity index (χ4n) is 3.68. The number of ether oxygens (including phenoxy) is 1. The van der Waals surface area contributed by atoms with Crippen molar-refractivity contribution >= 4 is 5.78 Å². The number of hydrogen-bond donors (Lipinski definition) is 2. The fraction of sp³-hybridized carbons (Fsp3) is 0.278. The first kappa shape index (κ1) is 13.2. The number of fused-ring (bicyclic) bond motifs is 3. The zero-order chi connectivity index (χ0) is 15.3. The van der Waals surface area contributed by atoms with Gasteiger partial charge >= 0.3 is 0 Å². The second-order valence-electron chi connectivity index (χ2n) is 6.07. The maximum absolute atomic E-state index is 12.0. The summed E-state index contributed by atoms with van der Waals surface area (Å²) in [6, 6.07) is 12.0. The zero-order valence-corrected chi connectivity index (χ0v) is 11.9. The van der Waals surface area contributed by atoms with Crippen LogP contribution in [0.3, 0.4) is 0 Å². The van der Waals surface area contributed by atoms with Gasteiger partial charge in [0, 0.05) is 30.2 Å². The molecule has 4 rings (SSSR count). The lowest BCUT2D eigenvalue weighted by Crippen LogP contribution is -2.26. The quantitative estimate of drug-likeness (QED) is 0.847. The highest BCUT2D eigenvalue weighted by Gasteiger charge is 2.45. The third kappa shape index (κ3) is 2.03. The molecule has 2 aliphatic rings. The van der Waals surface area contributed by atoms with Gasteiger partial charge in [0.25, 0.3) is 0 Å². The van der Waals surface area contributed by atoms with Gasteiger partial charge in [0.05, 0.1) is 0 Å². The second kappa shape index (κ2) is 4.77. The van der Waals surface area contributed by atoms with Crippen LogP contribution in [0.5, 0.6) is 17.2 Å². The highest BCUT2D eigenvalue weighted by Crippen LogP contribution is 2.53. The number of phenols is 2. The van der Waals surface area contributed by atoms with E-state index in [-0.39, 0.29) is 35.2 Å². The molecular weight excluding hydrogens is 280 g/mol. The minimum Gasteiger partial charge on any atom is -0.508 e. The molecule has 0 amide bonds. The molecule has 0 radical (unpaired) electrons. The van der Waals surface area contributed by atoms with E-state index in [1.54, 1.807) is 30.3 Å². The topological polar surface area (TPSA) is 66.8 Å². The van der Waals surface area contributed by atoms with E-state index in [1.165, 1.54) is 0 Å². The van der Waals surface area contributed by atoms with Gasteiger partial charge in [-0.05, 0) is 35.9 Å². The Morgan fingerprint density at radius 2 is 1.68 bits per heavy atom. The van der Waals surface area contributed by atoms with Crippen molar-refractivity contribution in [1.82, 2.24) is 0 Å². The number of phenolic OH excluding ortho intramolecular Hbond substituents is 2. The molecule has 112 valence electrons. The average Bonchev–Trinajstić information content (AvgIpc) is 2.89. The predicted octanol–water partition coefficient (Wildman–Crippen LogP) is 3.29. The predicted molar refractivity (Wildman–Crippen MR) is 80.1 cm³/mol. The largest absolute Gasteiger partial charge is 0.508 e. The second-order valence-corrected chi connectivity index (χ2v) is 6.07. The smallest absolute Gasteiger partial charge is 0.133 e. The lowest BCUT2D eigenvalue weighted by molar-refractivity contribution is -0.117. The van der Waals surface area contributed by atoms with E-state index in [0.717, 1.165) is 16.9 Å². The Kier molecular flexibility index (Phi) is 2.86. The number of aromatic hydroxyl groups is 2. The Bertz CT molecular complexity index is 735. The third-order valence-electron chi connectivity index (χ3n) is 4.69. The van der Waals surface area contributed by atoms with Crippen LogP contribution in [-0.2, 0) is 4.79 Å². The van der Waals surface area contributed by atoms with Crippen LogP contribution in [0.2, 0.25) is 0 Å². The van der Waals surface area contributed by atoms with E-state index >= 15 is 0 Å². The molecule has 1 heterocycles. The molecule has 1 saturated carbocycles. The van der Waals surface area contributed by atoms with Crippen LogP contribution in [0.25, 0.3) is 0 Å². The van der Waals surface area contributed by atoms with Crippen LogP contribution in [0, 0.1) is 5.92 Å². The van der Waals surface area contributed by atoms with Gasteiger partial charge in [-0.3, -0.25) is 4.79 Å². The van der Waals surface area contributed by atoms with Crippen molar-refractivity contribution in [2.45, 2.75) is 24.9 Å². The van der Waals surface area contributed by atoms with Gasteiger partial charge < -0.3 is 14.9 Å². The maximum atomic E-state index is 12.0. The summed E-state index contributed by atoms with van der Waals surface area (Å²) < 4.78 is 6.13. The van der Waals surface area contributed by atoms with Crippen LogP contribution in [0.15, 0.2) is 42.5 Å². The van der Waals surface area contributed by atoms with Gasteiger partial charge in [-0.25, -0.2) is 0 Å². The maximum Gasteiger partial charge on any atom is 0.133 e. The summed E-state index contributed by atoms with van der Waals surface area (Å²) >= 11 is 0. The van der Waals surface area contributed by atoms with Crippen molar-refractivity contribution in [1.29, 1.82) is 0 Å². The molecule has 1 aliphatic heterocycles. The number of carbonyl (C=O) groups excluding carboxylic acids is 1. The van der Waals surface area contributed by atoms with Crippen LogP contribution in [0.4, 0.5) is 0 Å². The van der Waals surface area contributed by atoms with E-state index in [2.05, 4.69) is 0 Å². The molecule has 3 atom stereocenters.